The summed E-state index contributed by atoms with van der Waals surface area (Å²) in [6, 6.07) is 15.1. The van der Waals surface area contributed by atoms with Crippen molar-refractivity contribution in [3.63, 3.8) is 0 Å². The van der Waals surface area contributed by atoms with E-state index in [0.29, 0.717) is 0 Å². The molecule has 0 radical (unpaired) electrons. The van der Waals surface area contributed by atoms with E-state index in [0.717, 1.165) is 18.7 Å². The highest BCUT2D eigenvalue weighted by Gasteiger charge is 1.95. The molecule has 0 saturated carbocycles. The first-order valence-electron chi connectivity index (χ1n) is 4.94. The minimum Gasteiger partial charge on any atom is -0.127 e. The molecule has 0 unspecified atom stereocenters. The van der Waals surface area contributed by atoms with Crippen LogP contribution < -0.4 is 0 Å². The predicted octanol–water partition coefficient (Wildman–Crippen LogP) is 4.01. The van der Waals surface area contributed by atoms with Gasteiger partial charge in [-0.15, -0.1) is 11.6 Å². The van der Waals surface area contributed by atoms with Gasteiger partial charge in [0.25, 0.3) is 0 Å². The standard InChI is InChI=1S/C13H13Cl/c14-9-3-4-11-7-8-12-5-1-2-6-13(12)10-11/h1-2,5-8,10H,3-4,9H2. The second-order valence-electron chi connectivity index (χ2n) is 3.47. The molecule has 0 amide bonds. The van der Waals surface area contributed by atoms with Crippen molar-refractivity contribution in [2.24, 2.45) is 0 Å². The van der Waals surface area contributed by atoms with Crippen molar-refractivity contribution in [3.8, 4) is 0 Å². The summed E-state index contributed by atoms with van der Waals surface area (Å²) in [6.45, 7) is 0. The maximum atomic E-state index is 5.67. The lowest BCUT2D eigenvalue weighted by Gasteiger charge is -2.02. The van der Waals surface area contributed by atoms with Gasteiger partial charge in [0.1, 0.15) is 0 Å². The van der Waals surface area contributed by atoms with Crippen LogP contribution in [0, 0.1) is 0 Å². The smallest absolute Gasteiger partial charge is 0.0226 e. The third-order valence-electron chi connectivity index (χ3n) is 2.41. The Bertz CT molecular complexity index is 420. The molecular formula is C13H13Cl. The van der Waals surface area contributed by atoms with E-state index in [9.17, 15) is 0 Å². The minimum absolute atomic E-state index is 0.743. The molecule has 0 heterocycles. The highest BCUT2D eigenvalue weighted by atomic mass is 35.5. The number of aryl methyl sites for hydroxylation is 1. The molecule has 0 aliphatic heterocycles. The molecule has 0 bridgehead atoms. The molecule has 0 N–H and O–H groups in total. The quantitative estimate of drug-likeness (QED) is 0.663. The lowest BCUT2D eigenvalue weighted by molar-refractivity contribution is 0.931. The van der Waals surface area contributed by atoms with Gasteiger partial charge in [-0.3, -0.25) is 0 Å². The normalized spacial score (nSPS) is 10.6. The van der Waals surface area contributed by atoms with Crippen LogP contribution in [0.15, 0.2) is 42.5 Å². The SMILES string of the molecule is ClCCCc1ccc2ccccc2c1. The van der Waals surface area contributed by atoms with Gasteiger partial charge >= 0.3 is 0 Å². The lowest BCUT2D eigenvalue weighted by Crippen LogP contribution is -1.85. The molecule has 0 nitrogen and oxygen atoms in total. The average Bonchev–Trinajstić information content (AvgIpc) is 2.26. The third kappa shape index (κ3) is 2.08. The van der Waals surface area contributed by atoms with Crippen molar-refractivity contribution in [3.05, 3.63) is 48.0 Å². The molecule has 2 aromatic carbocycles. The Morgan fingerprint density at radius 1 is 0.929 bits per heavy atom. The van der Waals surface area contributed by atoms with Crippen LogP contribution in [0.5, 0.6) is 0 Å². The van der Waals surface area contributed by atoms with Crippen LogP contribution in [0.3, 0.4) is 0 Å². The molecule has 0 atom stereocenters. The molecule has 14 heavy (non-hydrogen) atoms. The van der Waals surface area contributed by atoms with E-state index in [1.54, 1.807) is 0 Å². The van der Waals surface area contributed by atoms with Gasteiger partial charge in [-0.25, -0.2) is 0 Å². The van der Waals surface area contributed by atoms with Gasteiger partial charge < -0.3 is 0 Å². The Balaban J connectivity index is 2.32. The maximum Gasteiger partial charge on any atom is 0.0226 e. The molecule has 0 spiro atoms. The van der Waals surface area contributed by atoms with Crippen LogP contribution in [0.4, 0.5) is 0 Å². The monoisotopic (exact) mass is 204 g/mol. The Kier molecular flexibility index (Phi) is 3.05. The van der Waals surface area contributed by atoms with Crippen LogP contribution in [0.1, 0.15) is 12.0 Å². The molecule has 0 saturated heterocycles. The second kappa shape index (κ2) is 4.47. The fourth-order valence-corrected chi connectivity index (χ4v) is 1.80. The molecular weight excluding hydrogens is 192 g/mol. The molecule has 2 rings (SSSR count). The van der Waals surface area contributed by atoms with Crippen LogP contribution in [0.2, 0.25) is 0 Å². The molecule has 0 aliphatic carbocycles. The highest BCUT2D eigenvalue weighted by Crippen LogP contribution is 2.16. The Morgan fingerprint density at radius 2 is 1.71 bits per heavy atom. The van der Waals surface area contributed by atoms with Gasteiger partial charge in [0, 0.05) is 5.88 Å². The highest BCUT2D eigenvalue weighted by molar-refractivity contribution is 6.17. The van der Waals surface area contributed by atoms with E-state index in [-0.39, 0.29) is 0 Å². The molecule has 72 valence electrons. The largest absolute Gasteiger partial charge is 0.127 e. The Morgan fingerprint density at radius 3 is 2.50 bits per heavy atom. The van der Waals surface area contributed by atoms with Gasteiger partial charge in [-0.05, 0) is 29.2 Å². The van der Waals surface area contributed by atoms with E-state index in [1.807, 2.05) is 0 Å². The molecule has 0 fully saturated rings. The Labute approximate surface area is 89.5 Å². The van der Waals surface area contributed by atoms with Crippen LogP contribution in [-0.4, -0.2) is 5.88 Å². The minimum atomic E-state index is 0.743. The van der Waals surface area contributed by atoms with E-state index < -0.39 is 0 Å². The van der Waals surface area contributed by atoms with Crippen molar-refractivity contribution >= 4 is 22.4 Å². The third-order valence-corrected chi connectivity index (χ3v) is 2.68. The maximum absolute atomic E-state index is 5.67. The zero-order valence-corrected chi connectivity index (χ0v) is 8.80. The Hall–Kier alpha value is -1.01. The van der Waals surface area contributed by atoms with E-state index in [1.165, 1.54) is 16.3 Å². The van der Waals surface area contributed by atoms with Crippen molar-refractivity contribution < 1.29 is 0 Å². The summed E-state index contributed by atoms with van der Waals surface area (Å²) in [4.78, 5) is 0. The molecule has 2 aromatic rings. The topological polar surface area (TPSA) is 0 Å². The first-order valence-corrected chi connectivity index (χ1v) is 5.47. The lowest BCUT2D eigenvalue weighted by atomic mass is 10.0. The summed E-state index contributed by atoms with van der Waals surface area (Å²) in [6.07, 6.45) is 2.13. The van der Waals surface area contributed by atoms with Gasteiger partial charge in [-0.1, -0.05) is 42.5 Å². The van der Waals surface area contributed by atoms with Gasteiger partial charge in [0.05, 0.1) is 0 Å². The van der Waals surface area contributed by atoms with Crippen molar-refractivity contribution in [2.45, 2.75) is 12.8 Å². The average molecular weight is 205 g/mol. The fourth-order valence-electron chi connectivity index (χ4n) is 1.67. The van der Waals surface area contributed by atoms with Crippen molar-refractivity contribution in [2.75, 3.05) is 5.88 Å². The zero-order chi connectivity index (χ0) is 9.80. The number of hydrogen-bond donors (Lipinski definition) is 0. The first kappa shape index (κ1) is 9.54. The zero-order valence-electron chi connectivity index (χ0n) is 8.04. The van der Waals surface area contributed by atoms with Crippen LogP contribution >= 0.6 is 11.6 Å². The second-order valence-corrected chi connectivity index (χ2v) is 3.85. The first-order chi connectivity index (χ1) is 6.90. The summed E-state index contributed by atoms with van der Waals surface area (Å²) in [7, 11) is 0. The van der Waals surface area contributed by atoms with Crippen molar-refractivity contribution in [1.29, 1.82) is 0 Å². The number of benzene rings is 2. The van der Waals surface area contributed by atoms with E-state index in [4.69, 9.17) is 11.6 Å². The number of hydrogen-bond acceptors (Lipinski definition) is 0. The summed E-state index contributed by atoms with van der Waals surface area (Å²) >= 11 is 5.67. The van der Waals surface area contributed by atoms with Crippen LogP contribution in [-0.2, 0) is 6.42 Å². The van der Waals surface area contributed by atoms with Gasteiger partial charge in [-0.2, -0.15) is 0 Å². The number of halogens is 1. The van der Waals surface area contributed by atoms with E-state index >= 15 is 0 Å². The number of rotatable bonds is 3. The summed E-state index contributed by atoms with van der Waals surface area (Å²) in [5.74, 6) is 0.743. The van der Waals surface area contributed by atoms with E-state index in [2.05, 4.69) is 42.5 Å². The molecule has 1 heteroatoms. The van der Waals surface area contributed by atoms with Crippen molar-refractivity contribution in [1.82, 2.24) is 0 Å². The van der Waals surface area contributed by atoms with Crippen LogP contribution in [0.25, 0.3) is 10.8 Å². The summed E-state index contributed by atoms with van der Waals surface area (Å²) in [5, 5.41) is 2.63. The summed E-state index contributed by atoms with van der Waals surface area (Å²) < 4.78 is 0. The van der Waals surface area contributed by atoms with Gasteiger partial charge in [0.2, 0.25) is 0 Å². The molecule has 0 aliphatic rings. The number of fused-ring (bicyclic) bond motifs is 1. The van der Waals surface area contributed by atoms with Gasteiger partial charge in [0.15, 0.2) is 0 Å². The summed E-state index contributed by atoms with van der Waals surface area (Å²) in [5.41, 5.74) is 1.38. The molecule has 0 aromatic heterocycles. The number of alkyl halides is 1. The fraction of sp³-hybridized carbons (Fsp3) is 0.231. The predicted molar refractivity (Wildman–Crippen MR) is 63.0 cm³/mol.